The van der Waals surface area contributed by atoms with Crippen molar-refractivity contribution in [1.82, 2.24) is 0 Å². The smallest absolute Gasteiger partial charge is 0.230 e. The lowest BCUT2D eigenvalue weighted by atomic mass is 10.1. The van der Waals surface area contributed by atoms with Gasteiger partial charge >= 0.3 is 0 Å². The fourth-order valence-corrected chi connectivity index (χ4v) is 2.61. The maximum absolute atomic E-state index is 11.9. The molecule has 4 nitrogen and oxygen atoms in total. The van der Waals surface area contributed by atoms with Gasteiger partial charge in [0.25, 0.3) is 0 Å². The van der Waals surface area contributed by atoms with E-state index in [4.69, 9.17) is 4.42 Å². The van der Waals surface area contributed by atoms with Gasteiger partial charge in [-0.15, -0.1) is 0 Å². The number of thiol groups is 1. The second-order valence-corrected chi connectivity index (χ2v) is 5.40. The van der Waals surface area contributed by atoms with Crippen LogP contribution in [0.15, 0.2) is 40.8 Å². The third kappa shape index (κ3) is 2.19. The summed E-state index contributed by atoms with van der Waals surface area (Å²) in [6.45, 7) is 0.471. The number of benzene rings is 1. The van der Waals surface area contributed by atoms with Crippen LogP contribution in [0.2, 0.25) is 0 Å². The van der Waals surface area contributed by atoms with E-state index in [0.29, 0.717) is 30.2 Å². The van der Waals surface area contributed by atoms with Gasteiger partial charge in [-0.25, -0.2) is 0 Å². The van der Waals surface area contributed by atoms with Crippen molar-refractivity contribution in [1.29, 1.82) is 5.26 Å². The molecule has 1 aliphatic rings. The molecule has 1 unspecified atom stereocenters. The molecule has 1 aliphatic heterocycles. The second-order valence-electron chi connectivity index (χ2n) is 4.67. The van der Waals surface area contributed by atoms with Crippen molar-refractivity contribution in [3.8, 4) is 17.4 Å². The molecule has 1 amide bonds. The maximum atomic E-state index is 11.9. The van der Waals surface area contributed by atoms with Crippen molar-refractivity contribution in [2.24, 2.45) is 0 Å². The van der Waals surface area contributed by atoms with Crippen LogP contribution in [0.1, 0.15) is 12.0 Å². The molecule has 20 heavy (non-hydrogen) atoms. The van der Waals surface area contributed by atoms with Gasteiger partial charge in [0.2, 0.25) is 11.8 Å². The van der Waals surface area contributed by atoms with Gasteiger partial charge in [0.15, 0.2) is 0 Å². The quantitative estimate of drug-likeness (QED) is 0.863. The summed E-state index contributed by atoms with van der Waals surface area (Å²) in [5.74, 6) is 0.857. The van der Waals surface area contributed by atoms with Crippen molar-refractivity contribution in [2.45, 2.75) is 11.7 Å². The van der Waals surface area contributed by atoms with Crippen molar-refractivity contribution in [2.75, 3.05) is 11.4 Å². The molecule has 0 N–H and O–H groups in total. The molecule has 1 fully saturated rings. The summed E-state index contributed by atoms with van der Waals surface area (Å²) in [5, 5.41) is 9.21. The van der Waals surface area contributed by atoms with E-state index in [1.54, 1.807) is 6.07 Å². The summed E-state index contributed by atoms with van der Waals surface area (Å²) in [6, 6.07) is 13.3. The highest BCUT2D eigenvalue weighted by Crippen LogP contribution is 2.34. The number of hydrogen-bond acceptors (Lipinski definition) is 4. The largest absolute Gasteiger partial charge is 0.439 e. The number of furan rings is 1. The molecule has 1 atom stereocenters. The monoisotopic (exact) mass is 284 g/mol. The second kappa shape index (κ2) is 5.06. The fourth-order valence-electron chi connectivity index (χ4n) is 2.29. The summed E-state index contributed by atoms with van der Waals surface area (Å²) in [5.41, 5.74) is 1.25. The zero-order valence-electron chi connectivity index (χ0n) is 10.6. The van der Waals surface area contributed by atoms with Crippen LogP contribution in [0, 0.1) is 11.3 Å². The van der Waals surface area contributed by atoms with Crippen LogP contribution in [0.4, 0.5) is 5.88 Å². The number of rotatable bonds is 2. The van der Waals surface area contributed by atoms with E-state index in [0.717, 1.165) is 5.56 Å². The predicted octanol–water partition coefficient (Wildman–Crippen LogP) is 2.85. The summed E-state index contributed by atoms with van der Waals surface area (Å²) < 4.78 is 5.74. The Morgan fingerprint density at radius 1 is 1.35 bits per heavy atom. The fraction of sp³-hybridized carbons (Fsp3) is 0.200. The Morgan fingerprint density at radius 2 is 2.10 bits per heavy atom. The van der Waals surface area contributed by atoms with E-state index >= 15 is 0 Å². The van der Waals surface area contributed by atoms with E-state index in [9.17, 15) is 10.1 Å². The van der Waals surface area contributed by atoms with Crippen LogP contribution in [-0.2, 0) is 4.79 Å². The van der Waals surface area contributed by atoms with Gasteiger partial charge in [-0.2, -0.15) is 17.9 Å². The molecule has 0 aliphatic carbocycles. The van der Waals surface area contributed by atoms with Crippen LogP contribution >= 0.6 is 12.6 Å². The van der Waals surface area contributed by atoms with Crippen molar-refractivity contribution in [3.05, 3.63) is 42.0 Å². The first-order chi connectivity index (χ1) is 9.69. The Kier molecular flexibility index (Phi) is 3.25. The minimum absolute atomic E-state index is 0.0145. The topological polar surface area (TPSA) is 57.2 Å². The molecule has 0 bridgehead atoms. The maximum Gasteiger partial charge on any atom is 0.230 e. The molecule has 1 saturated heterocycles. The number of carbonyl (C=O) groups excluding carboxylic acids is 1. The number of nitrogens with zero attached hydrogens (tertiary/aromatic N) is 2. The first-order valence-electron chi connectivity index (χ1n) is 6.27. The normalized spacial score (nSPS) is 18.3. The first kappa shape index (κ1) is 12.8. The minimum Gasteiger partial charge on any atom is -0.439 e. The predicted molar refractivity (Wildman–Crippen MR) is 78.6 cm³/mol. The molecular formula is C15H12N2O2S. The standard InChI is InChI=1S/C15H12N2O2S/c16-8-11-6-13(10-4-2-1-3-5-10)19-15(11)17-9-12(20)7-14(17)18/h1-6,12,20H,7,9H2. The number of nitriles is 1. The SMILES string of the molecule is N#Cc1cc(-c2ccccc2)oc1N1CC(S)CC1=O. The molecule has 0 saturated carbocycles. The van der Waals surface area contributed by atoms with Gasteiger partial charge in [0.05, 0.1) is 0 Å². The van der Waals surface area contributed by atoms with E-state index in [-0.39, 0.29) is 11.2 Å². The zero-order chi connectivity index (χ0) is 14.1. The number of hydrogen-bond donors (Lipinski definition) is 1. The van der Waals surface area contributed by atoms with Gasteiger partial charge in [0.1, 0.15) is 17.4 Å². The van der Waals surface area contributed by atoms with E-state index in [1.165, 1.54) is 4.90 Å². The average molecular weight is 284 g/mol. The van der Waals surface area contributed by atoms with Crippen molar-refractivity contribution < 1.29 is 9.21 Å². The lowest BCUT2D eigenvalue weighted by Gasteiger charge is -2.12. The molecule has 0 radical (unpaired) electrons. The summed E-state index contributed by atoms with van der Waals surface area (Å²) in [4.78, 5) is 13.4. The molecule has 3 rings (SSSR count). The molecule has 100 valence electrons. The third-order valence-electron chi connectivity index (χ3n) is 3.24. The Bertz CT molecular complexity index is 688. The Morgan fingerprint density at radius 3 is 2.70 bits per heavy atom. The van der Waals surface area contributed by atoms with E-state index in [1.807, 2.05) is 30.3 Å². The van der Waals surface area contributed by atoms with Crippen molar-refractivity contribution >= 4 is 24.4 Å². The lowest BCUT2D eigenvalue weighted by Crippen LogP contribution is -2.24. The average Bonchev–Trinajstić information content (AvgIpc) is 3.02. The van der Waals surface area contributed by atoms with E-state index < -0.39 is 0 Å². The number of amides is 1. The highest BCUT2D eigenvalue weighted by molar-refractivity contribution is 7.81. The van der Waals surface area contributed by atoms with E-state index in [2.05, 4.69) is 18.7 Å². The number of anilines is 1. The summed E-state index contributed by atoms with van der Waals surface area (Å²) in [6.07, 6.45) is 0.370. The van der Waals surface area contributed by atoms with Crippen LogP contribution in [0.5, 0.6) is 0 Å². The minimum atomic E-state index is -0.0598. The molecule has 5 heteroatoms. The van der Waals surface area contributed by atoms with Gasteiger partial charge < -0.3 is 4.42 Å². The van der Waals surface area contributed by atoms with Crippen LogP contribution in [0.3, 0.4) is 0 Å². The molecular weight excluding hydrogens is 272 g/mol. The van der Waals surface area contributed by atoms with Crippen molar-refractivity contribution in [3.63, 3.8) is 0 Å². The lowest BCUT2D eigenvalue weighted by molar-refractivity contribution is -0.117. The highest BCUT2D eigenvalue weighted by atomic mass is 32.1. The molecule has 1 aromatic carbocycles. The van der Waals surface area contributed by atoms with Crippen LogP contribution in [0.25, 0.3) is 11.3 Å². The molecule has 0 spiro atoms. The van der Waals surface area contributed by atoms with Gasteiger partial charge in [-0.3, -0.25) is 9.69 Å². The Balaban J connectivity index is 2.02. The van der Waals surface area contributed by atoms with Crippen LogP contribution in [-0.4, -0.2) is 17.7 Å². The number of carbonyl (C=O) groups is 1. The molecule has 2 heterocycles. The van der Waals surface area contributed by atoms with Gasteiger partial charge in [-0.1, -0.05) is 30.3 Å². The zero-order valence-corrected chi connectivity index (χ0v) is 11.5. The molecule has 1 aromatic heterocycles. The third-order valence-corrected chi connectivity index (χ3v) is 3.59. The van der Waals surface area contributed by atoms with Gasteiger partial charge in [-0.05, 0) is 0 Å². The summed E-state index contributed by atoms with van der Waals surface area (Å²) >= 11 is 4.31. The Hall–Kier alpha value is -2.19. The molecule has 2 aromatic rings. The van der Waals surface area contributed by atoms with Crippen LogP contribution < -0.4 is 4.90 Å². The summed E-state index contributed by atoms with van der Waals surface area (Å²) in [7, 11) is 0. The highest BCUT2D eigenvalue weighted by Gasteiger charge is 2.32. The first-order valence-corrected chi connectivity index (χ1v) is 6.78. The van der Waals surface area contributed by atoms with Gasteiger partial charge in [0, 0.05) is 29.8 Å². The Labute approximate surface area is 122 Å².